The maximum absolute atomic E-state index is 13.6. The maximum Gasteiger partial charge on any atom is 0.326 e. The lowest BCUT2D eigenvalue weighted by Crippen LogP contribution is -2.35. The van der Waals surface area contributed by atoms with Crippen LogP contribution in [0.2, 0.25) is 0 Å². The molecule has 0 aliphatic heterocycles. The van der Waals surface area contributed by atoms with Crippen LogP contribution in [0.15, 0.2) is 66.7 Å². The fourth-order valence-electron chi connectivity index (χ4n) is 2.83. The first-order valence-corrected chi connectivity index (χ1v) is 9.27. The van der Waals surface area contributed by atoms with E-state index in [1.165, 1.54) is 11.1 Å². The van der Waals surface area contributed by atoms with Crippen LogP contribution in [0.3, 0.4) is 0 Å². The van der Waals surface area contributed by atoms with E-state index in [9.17, 15) is 18.4 Å². The number of urea groups is 1. The third-order valence-electron chi connectivity index (χ3n) is 4.27. The van der Waals surface area contributed by atoms with Gasteiger partial charge in [0.25, 0.3) is 5.91 Å². The van der Waals surface area contributed by atoms with Crippen molar-refractivity contribution < 1.29 is 23.1 Å². The van der Waals surface area contributed by atoms with Gasteiger partial charge in [0.2, 0.25) is 0 Å². The summed E-state index contributed by atoms with van der Waals surface area (Å²) in [6.45, 7) is 2.53. The zero-order valence-electron chi connectivity index (χ0n) is 16.2. The number of anilines is 1. The number of amides is 3. The molecule has 0 bridgehead atoms. The van der Waals surface area contributed by atoms with Gasteiger partial charge in [0, 0.05) is 12.1 Å². The highest BCUT2D eigenvalue weighted by molar-refractivity contribution is 6.08. The molecule has 0 fully saturated rings. The first kappa shape index (κ1) is 21.0. The van der Waals surface area contributed by atoms with Gasteiger partial charge >= 0.3 is 6.03 Å². The zero-order chi connectivity index (χ0) is 21.5. The Morgan fingerprint density at radius 1 is 0.933 bits per heavy atom. The maximum atomic E-state index is 13.6. The first-order chi connectivity index (χ1) is 14.4. The van der Waals surface area contributed by atoms with Gasteiger partial charge in [-0.2, -0.15) is 0 Å². The van der Waals surface area contributed by atoms with Gasteiger partial charge in [-0.1, -0.05) is 35.9 Å². The Hall–Kier alpha value is -3.74. The van der Waals surface area contributed by atoms with Crippen LogP contribution in [0.25, 0.3) is 0 Å². The summed E-state index contributed by atoms with van der Waals surface area (Å²) in [4.78, 5) is 23.9. The highest BCUT2D eigenvalue weighted by atomic mass is 19.1. The van der Waals surface area contributed by atoms with E-state index in [-0.39, 0.29) is 0 Å². The molecular formula is C23H20F2N2O3. The smallest absolute Gasteiger partial charge is 0.326 e. The summed E-state index contributed by atoms with van der Waals surface area (Å²) in [5.74, 6) is -2.64. The van der Waals surface area contributed by atoms with Crippen LogP contribution in [0.4, 0.5) is 19.3 Å². The van der Waals surface area contributed by atoms with Gasteiger partial charge in [-0.25, -0.2) is 13.6 Å². The number of aryl methyl sites for hydroxylation is 1. The minimum Gasteiger partial charge on any atom is -0.493 e. The molecule has 0 atom stereocenters. The molecule has 0 aromatic heterocycles. The van der Waals surface area contributed by atoms with Crippen molar-refractivity contribution in [2.75, 3.05) is 11.9 Å². The summed E-state index contributed by atoms with van der Waals surface area (Å²) in [6.07, 6.45) is 0.763. The number of ether oxygens (including phenoxy) is 1. The van der Waals surface area contributed by atoms with E-state index in [4.69, 9.17) is 4.74 Å². The third kappa shape index (κ3) is 5.64. The van der Waals surface area contributed by atoms with Crippen molar-refractivity contribution in [3.05, 3.63) is 95.1 Å². The van der Waals surface area contributed by atoms with Crippen LogP contribution in [0.1, 0.15) is 21.5 Å². The van der Waals surface area contributed by atoms with Crippen LogP contribution >= 0.6 is 0 Å². The molecule has 154 valence electrons. The van der Waals surface area contributed by atoms with Gasteiger partial charge in [-0.3, -0.25) is 10.1 Å². The number of carbonyl (C=O) groups excluding carboxylic acids is 2. The Balaban J connectivity index is 1.50. The zero-order valence-corrected chi connectivity index (χ0v) is 16.2. The highest BCUT2D eigenvalue weighted by Gasteiger charge is 2.19. The predicted molar refractivity (Wildman–Crippen MR) is 110 cm³/mol. The van der Waals surface area contributed by atoms with Crippen molar-refractivity contribution in [3.63, 3.8) is 0 Å². The van der Waals surface area contributed by atoms with E-state index in [2.05, 4.69) is 11.4 Å². The van der Waals surface area contributed by atoms with Crippen LogP contribution in [0, 0.1) is 18.6 Å². The van der Waals surface area contributed by atoms with Crippen molar-refractivity contribution in [2.24, 2.45) is 0 Å². The molecule has 5 nitrogen and oxygen atoms in total. The van der Waals surface area contributed by atoms with E-state index in [1.807, 2.05) is 30.4 Å². The van der Waals surface area contributed by atoms with Crippen molar-refractivity contribution >= 4 is 17.6 Å². The standard InChI is InChI=1S/C23H20F2N2O3/c1-15-4-2-5-16(14-15)12-13-30-18-10-8-17(9-11-18)26-23(29)27-22(28)21-19(24)6-3-7-20(21)25/h2-11,14H,12-13H2,1H3,(H2,26,27,28,29). The number of carbonyl (C=O) groups is 2. The molecule has 3 aromatic carbocycles. The van der Waals surface area contributed by atoms with E-state index >= 15 is 0 Å². The topological polar surface area (TPSA) is 67.4 Å². The lowest BCUT2D eigenvalue weighted by atomic mass is 10.1. The molecule has 0 saturated heterocycles. The molecule has 0 saturated carbocycles. The van der Waals surface area contributed by atoms with Gasteiger partial charge in [0.15, 0.2) is 0 Å². The van der Waals surface area contributed by atoms with Crippen molar-refractivity contribution in [1.29, 1.82) is 0 Å². The number of rotatable bonds is 6. The third-order valence-corrected chi connectivity index (χ3v) is 4.27. The quantitative estimate of drug-likeness (QED) is 0.610. The number of hydrogen-bond donors (Lipinski definition) is 2. The van der Waals surface area contributed by atoms with Crippen LogP contribution in [0.5, 0.6) is 5.75 Å². The summed E-state index contributed by atoms with van der Waals surface area (Å²) in [5, 5.41) is 4.32. The summed E-state index contributed by atoms with van der Waals surface area (Å²) in [6, 6.07) is 16.8. The Morgan fingerprint density at radius 3 is 2.27 bits per heavy atom. The molecule has 0 aliphatic carbocycles. The first-order valence-electron chi connectivity index (χ1n) is 9.27. The second-order valence-electron chi connectivity index (χ2n) is 6.62. The normalized spacial score (nSPS) is 10.4. The number of hydrogen-bond acceptors (Lipinski definition) is 3. The van der Waals surface area contributed by atoms with Crippen molar-refractivity contribution in [1.82, 2.24) is 5.32 Å². The van der Waals surface area contributed by atoms with Crippen LogP contribution in [-0.4, -0.2) is 18.5 Å². The molecule has 0 aliphatic rings. The van der Waals surface area contributed by atoms with Gasteiger partial charge in [0.1, 0.15) is 22.9 Å². The van der Waals surface area contributed by atoms with E-state index in [1.54, 1.807) is 24.3 Å². The molecule has 0 spiro atoms. The summed E-state index contributed by atoms with van der Waals surface area (Å²) < 4.78 is 32.9. The summed E-state index contributed by atoms with van der Waals surface area (Å²) in [5.41, 5.74) is 1.95. The molecule has 3 amide bonds. The average molecular weight is 410 g/mol. The lowest BCUT2D eigenvalue weighted by molar-refractivity contribution is 0.0959. The lowest BCUT2D eigenvalue weighted by Gasteiger charge is -2.10. The Morgan fingerprint density at radius 2 is 1.60 bits per heavy atom. The minimum atomic E-state index is -1.17. The number of nitrogens with one attached hydrogen (secondary N) is 2. The summed E-state index contributed by atoms with van der Waals surface area (Å²) >= 11 is 0. The van der Waals surface area contributed by atoms with Gasteiger partial charge in [0.05, 0.1) is 6.61 Å². The largest absolute Gasteiger partial charge is 0.493 e. The molecule has 0 heterocycles. The van der Waals surface area contributed by atoms with E-state index < -0.39 is 29.1 Å². The fourth-order valence-corrected chi connectivity index (χ4v) is 2.83. The van der Waals surface area contributed by atoms with Gasteiger partial charge < -0.3 is 10.1 Å². The number of halogens is 2. The van der Waals surface area contributed by atoms with Crippen LogP contribution < -0.4 is 15.4 Å². The van der Waals surface area contributed by atoms with Crippen molar-refractivity contribution in [3.8, 4) is 5.75 Å². The Bertz CT molecular complexity index is 1030. The molecule has 0 unspecified atom stereocenters. The summed E-state index contributed by atoms with van der Waals surface area (Å²) in [7, 11) is 0. The molecule has 30 heavy (non-hydrogen) atoms. The molecule has 7 heteroatoms. The monoisotopic (exact) mass is 410 g/mol. The molecular weight excluding hydrogens is 390 g/mol. The predicted octanol–water partition coefficient (Wildman–Crippen LogP) is 4.86. The molecule has 2 N–H and O–H groups in total. The number of benzene rings is 3. The molecule has 0 radical (unpaired) electrons. The molecule has 3 aromatic rings. The van der Waals surface area contributed by atoms with E-state index in [0.29, 0.717) is 18.0 Å². The highest BCUT2D eigenvalue weighted by Crippen LogP contribution is 2.17. The second-order valence-corrected chi connectivity index (χ2v) is 6.62. The SMILES string of the molecule is Cc1cccc(CCOc2ccc(NC(=O)NC(=O)c3c(F)cccc3F)cc2)c1. The molecule has 3 rings (SSSR count). The van der Waals surface area contributed by atoms with Gasteiger partial charge in [-0.05, 0) is 48.9 Å². The fraction of sp³-hybridized carbons (Fsp3) is 0.130. The average Bonchev–Trinajstić information content (AvgIpc) is 2.69. The number of imide groups is 1. The van der Waals surface area contributed by atoms with Crippen LogP contribution in [-0.2, 0) is 6.42 Å². The Labute approximate surface area is 172 Å². The minimum absolute atomic E-state index is 0.389. The van der Waals surface area contributed by atoms with E-state index in [0.717, 1.165) is 24.6 Å². The van der Waals surface area contributed by atoms with Crippen molar-refractivity contribution in [2.45, 2.75) is 13.3 Å². The second kappa shape index (κ2) is 9.65. The Kier molecular flexibility index (Phi) is 6.75. The van der Waals surface area contributed by atoms with Gasteiger partial charge in [-0.15, -0.1) is 0 Å².